The van der Waals surface area contributed by atoms with Gasteiger partial charge in [0.05, 0.1) is 6.10 Å². The maximum absolute atomic E-state index is 10.4. The van der Waals surface area contributed by atoms with Crippen molar-refractivity contribution in [2.75, 3.05) is 26.8 Å². The third-order valence-corrected chi connectivity index (χ3v) is 5.32. The minimum atomic E-state index is -0.264. The van der Waals surface area contributed by atoms with Crippen LogP contribution in [-0.4, -0.2) is 58.7 Å². The highest BCUT2D eigenvalue weighted by atomic mass is 16.5. The highest BCUT2D eigenvalue weighted by Crippen LogP contribution is 2.35. The van der Waals surface area contributed by atoms with Gasteiger partial charge < -0.3 is 25.0 Å². The summed E-state index contributed by atoms with van der Waals surface area (Å²) in [4.78, 5) is 4.65. The van der Waals surface area contributed by atoms with Crippen LogP contribution in [0.15, 0.2) is 4.99 Å². The SMILES string of the molecule is COCCCNC(=NCc1nnc(C)n1C)NCC1(C)CCCCC1O. The van der Waals surface area contributed by atoms with Crippen molar-refractivity contribution in [3.05, 3.63) is 11.6 Å². The van der Waals surface area contributed by atoms with Crippen LogP contribution in [0.5, 0.6) is 0 Å². The summed E-state index contributed by atoms with van der Waals surface area (Å²) in [7, 11) is 3.65. The average Bonchev–Trinajstić information content (AvgIpc) is 2.95. The summed E-state index contributed by atoms with van der Waals surface area (Å²) < 4.78 is 7.04. The molecular weight excluding hydrogens is 332 g/mol. The molecule has 0 spiro atoms. The smallest absolute Gasteiger partial charge is 0.191 e. The number of aliphatic hydroxyl groups is 1. The molecule has 8 nitrogen and oxygen atoms in total. The molecule has 1 heterocycles. The maximum atomic E-state index is 10.4. The second kappa shape index (κ2) is 9.87. The molecule has 0 bridgehead atoms. The quantitative estimate of drug-likeness (QED) is 0.363. The third-order valence-electron chi connectivity index (χ3n) is 5.32. The van der Waals surface area contributed by atoms with Crippen LogP contribution in [-0.2, 0) is 18.3 Å². The highest BCUT2D eigenvalue weighted by Gasteiger charge is 2.35. The molecule has 1 saturated carbocycles. The molecule has 0 amide bonds. The number of nitrogens with one attached hydrogen (secondary N) is 2. The lowest BCUT2D eigenvalue weighted by atomic mass is 9.73. The van der Waals surface area contributed by atoms with Gasteiger partial charge in [-0.25, -0.2) is 4.99 Å². The van der Waals surface area contributed by atoms with Crippen molar-refractivity contribution >= 4 is 5.96 Å². The topological polar surface area (TPSA) is 96.6 Å². The molecule has 8 heteroatoms. The van der Waals surface area contributed by atoms with Crippen LogP contribution < -0.4 is 10.6 Å². The van der Waals surface area contributed by atoms with Gasteiger partial charge in [0.2, 0.25) is 0 Å². The van der Waals surface area contributed by atoms with Crippen molar-refractivity contribution in [3.8, 4) is 0 Å². The van der Waals surface area contributed by atoms with Crippen LogP contribution in [0.4, 0.5) is 0 Å². The Morgan fingerprint density at radius 2 is 2.19 bits per heavy atom. The molecular formula is C18H34N6O2. The second-order valence-corrected chi connectivity index (χ2v) is 7.43. The van der Waals surface area contributed by atoms with E-state index in [1.54, 1.807) is 7.11 Å². The molecule has 2 unspecified atom stereocenters. The van der Waals surface area contributed by atoms with Gasteiger partial charge in [0.1, 0.15) is 12.4 Å². The van der Waals surface area contributed by atoms with E-state index in [4.69, 9.17) is 4.74 Å². The van der Waals surface area contributed by atoms with Crippen LogP contribution in [0.2, 0.25) is 0 Å². The Bertz CT molecular complexity index is 588. The molecule has 2 rings (SSSR count). The number of aromatic nitrogens is 3. The number of hydrogen-bond acceptors (Lipinski definition) is 5. The molecule has 3 N–H and O–H groups in total. The summed E-state index contributed by atoms with van der Waals surface area (Å²) in [6, 6.07) is 0. The highest BCUT2D eigenvalue weighted by molar-refractivity contribution is 5.79. The zero-order valence-electron chi connectivity index (χ0n) is 16.6. The molecule has 0 saturated heterocycles. The van der Waals surface area contributed by atoms with Crippen molar-refractivity contribution in [2.45, 2.75) is 58.6 Å². The predicted octanol–water partition coefficient (Wildman–Crippen LogP) is 1.14. The number of aliphatic imine (C=N–C) groups is 1. The number of rotatable bonds is 8. The third kappa shape index (κ3) is 5.67. The monoisotopic (exact) mass is 366 g/mol. The largest absolute Gasteiger partial charge is 0.392 e. The lowest BCUT2D eigenvalue weighted by Gasteiger charge is -2.38. The fraction of sp³-hybridized carbons (Fsp3) is 0.833. The van der Waals surface area contributed by atoms with Crippen molar-refractivity contribution in [2.24, 2.45) is 17.5 Å². The van der Waals surface area contributed by atoms with Gasteiger partial charge in [-0.1, -0.05) is 19.8 Å². The standard InChI is InChI=1S/C18H34N6O2/c1-14-22-23-16(24(14)3)12-20-17(19-10-7-11-26-4)21-13-18(2)9-6-5-8-15(18)25/h15,25H,5-13H2,1-4H3,(H2,19,20,21). The Kier molecular flexibility index (Phi) is 7.84. The van der Waals surface area contributed by atoms with Gasteiger partial charge in [-0.3, -0.25) is 0 Å². The number of aryl methyl sites for hydroxylation is 1. The molecule has 1 aromatic heterocycles. The van der Waals surface area contributed by atoms with Gasteiger partial charge in [-0.15, -0.1) is 10.2 Å². The van der Waals surface area contributed by atoms with Crippen LogP contribution in [0.25, 0.3) is 0 Å². The molecule has 2 atom stereocenters. The summed E-state index contributed by atoms with van der Waals surface area (Å²) >= 11 is 0. The number of hydrogen-bond donors (Lipinski definition) is 3. The van der Waals surface area contributed by atoms with E-state index in [1.807, 2.05) is 18.5 Å². The van der Waals surface area contributed by atoms with Gasteiger partial charge >= 0.3 is 0 Å². The van der Waals surface area contributed by atoms with Crippen molar-refractivity contribution in [1.29, 1.82) is 0 Å². The molecule has 0 radical (unpaired) electrons. The van der Waals surface area contributed by atoms with Crippen molar-refractivity contribution < 1.29 is 9.84 Å². The molecule has 1 aliphatic rings. The molecule has 1 fully saturated rings. The summed E-state index contributed by atoms with van der Waals surface area (Å²) in [6.45, 7) is 6.71. The first kappa shape index (κ1) is 20.6. The summed E-state index contributed by atoms with van der Waals surface area (Å²) in [5.74, 6) is 2.43. The minimum absolute atomic E-state index is 0.116. The van der Waals surface area contributed by atoms with Crippen LogP contribution in [0.3, 0.4) is 0 Å². The molecule has 0 aliphatic heterocycles. The first-order chi connectivity index (χ1) is 12.5. The Balaban J connectivity index is 1.97. The molecule has 148 valence electrons. The van der Waals surface area contributed by atoms with E-state index < -0.39 is 0 Å². The normalized spacial score (nSPS) is 23.9. The van der Waals surface area contributed by atoms with E-state index in [0.717, 1.165) is 49.8 Å². The number of nitrogens with zero attached hydrogens (tertiary/aromatic N) is 4. The molecule has 26 heavy (non-hydrogen) atoms. The van der Waals surface area contributed by atoms with Crippen molar-refractivity contribution in [3.63, 3.8) is 0 Å². The molecule has 1 aromatic rings. The van der Waals surface area contributed by atoms with E-state index >= 15 is 0 Å². The zero-order chi connectivity index (χ0) is 19.0. The Hall–Kier alpha value is -1.67. The fourth-order valence-electron chi connectivity index (χ4n) is 3.21. The van der Waals surface area contributed by atoms with Crippen LogP contribution >= 0.6 is 0 Å². The number of methoxy groups -OCH3 is 1. The number of aliphatic hydroxyl groups excluding tert-OH is 1. The lowest BCUT2D eigenvalue weighted by Crippen LogP contribution is -2.48. The van der Waals surface area contributed by atoms with Gasteiger partial charge in [-0.2, -0.15) is 0 Å². The van der Waals surface area contributed by atoms with Crippen LogP contribution in [0, 0.1) is 12.3 Å². The van der Waals surface area contributed by atoms with Gasteiger partial charge in [-0.05, 0) is 26.2 Å². The first-order valence-electron chi connectivity index (χ1n) is 9.50. The Labute approximate surface area is 156 Å². The second-order valence-electron chi connectivity index (χ2n) is 7.43. The lowest BCUT2D eigenvalue weighted by molar-refractivity contribution is 0.00397. The number of guanidine groups is 1. The van der Waals surface area contributed by atoms with E-state index in [2.05, 4.69) is 32.7 Å². The maximum Gasteiger partial charge on any atom is 0.191 e. The molecule has 0 aromatic carbocycles. The summed E-state index contributed by atoms with van der Waals surface area (Å²) in [5, 5.41) is 25.4. The first-order valence-corrected chi connectivity index (χ1v) is 9.50. The Morgan fingerprint density at radius 3 is 2.85 bits per heavy atom. The van der Waals surface area contributed by atoms with E-state index in [1.165, 1.54) is 6.42 Å². The molecule has 1 aliphatic carbocycles. The van der Waals surface area contributed by atoms with Crippen molar-refractivity contribution in [1.82, 2.24) is 25.4 Å². The van der Waals surface area contributed by atoms with E-state index in [9.17, 15) is 5.11 Å². The van der Waals surface area contributed by atoms with E-state index in [-0.39, 0.29) is 11.5 Å². The average molecular weight is 367 g/mol. The predicted molar refractivity (Wildman–Crippen MR) is 102 cm³/mol. The van der Waals surface area contributed by atoms with Gasteiger partial charge in [0, 0.05) is 39.3 Å². The summed E-state index contributed by atoms with van der Waals surface area (Å²) in [5.41, 5.74) is -0.116. The van der Waals surface area contributed by atoms with E-state index in [0.29, 0.717) is 19.7 Å². The fourth-order valence-corrected chi connectivity index (χ4v) is 3.21. The number of ether oxygens (including phenoxy) is 1. The van der Waals surface area contributed by atoms with Gasteiger partial charge in [0.15, 0.2) is 11.8 Å². The minimum Gasteiger partial charge on any atom is -0.392 e. The van der Waals surface area contributed by atoms with Gasteiger partial charge in [0.25, 0.3) is 0 Å². The van der Waals surface area contributed by atoms with Crippen LogP contribution in [0.1, 0.15) is 50.7 Å². The summed E-state index contributed by atoms with van der Waals surface area (Å²) in [6.07, 6.45) is 4.82. The zero-order valence-corrected chi connectivity index (χ0v) is 16.6. The Morgan fingerprint density at radius 1 is 1.38 bits per heavy atom.